The topological polar surface area (TPSA) is 34.7 Å². The molecule has 0 saturated heterocycles. The van der Waals surface area contributed by atoms with Crippen LogP contribution in [0.25, 0.3) is 0 Å². The Hall–Kier alpha value is -0.860. The lowest BCUT2D eigenvalue weighted by atomic mass is 10.0. The van der Waals surface area contributed by atoms with Gasteiger partial charge in [0, 0.05) is 0 Å². The number of hydrogen-bond acceptors (Lipinski definition) is 1. The lowest BCUT2D eigenvalue weighted by Gasteiger charge is -2.20. The van der Waals surface area contributed by atoms with Crippen LogP contribution in [0.3, 0.4) is 0 Å². The van der Waals surface area contributed by atoms with Crippen molar-refractivity contribution in [3.63, 3.8) is 0 Å². The number of benzene rings is 1. The molecule has 0 radical (unpaired) electrons. The third-order valence-corrected chi connectivity index (χ3v) is 6.86. The van der Waals surface area contributed by atoms with Crippen LogP contribution in [0.5, 0.6) is 0 Å². The van der Waals surface area contributed by atoms with E-state index in [0.717, 1.165) is 0 Å². The predicted molar refractivity (Wildman–Crippen MR) is 149 cm³/mol. The first-order chi connectivity index (χ1) is 15.9. The Balaban J connectivity index is 0.0000102. The Labute approximate surface area is 208 Å². The van der Waals surface area contributed by atoms with E-state index in [2.05, 4.69) is 49.1 Å². The molecule has 2 N–H and O–H groups in total. The fourth-order valence-electron chi connectivity index (χ4n) is 4.93. The third-order valence-electron chi connectivity index (χ3n) is 6.86. The molecule has 0 unspecified atom stereocenters. The van der Waals surface area contributed by atoms with E-state index in [4.69, 9.17) is 0 Å². The van der Waals surface area contributed by atoms with E-state index in [1.807, 2.05) is 0 Å². The van der Waals surface area contributed by atoms with E-state index in [0.29, 0.717) is 0 Å². The van der Waals surface area contributed by atoms with Crippen LogP contribution >= 0.6 is 0 Å². The van der Waals surface area contributed by atoms with Crippen LogP contribution in [0.4, 0.5) is 0 Å². The summed E-state index contributed by atoms with van der Waals surface area (Å²) in [6.45, 7) is 8.53. The Bertz CT molecular complexity index is 469. The normalized spacial score (nSPS) is 11.1. The highest BCUT2D eigenvalue weighted by molar-refractivity contribution is 5.14. The van der Waals surface area contributed by atoms with Gasteiger partial charge < -0.3 is 10.4 Å². The van der Waals surface area contributed by atoms with Gasteiger partial charge in [-0.2, -0.15) is 0 Å². The zero-order valence-corrected chi connectivity index (χ0v) is 22.6. The molecule has 0 bridgehead atoms. The molecular formula is C31H59NO. The number of rotatable bonds is 24. The van der Waals surface area contributed by atoms with Crippen molar-refractivity contribution in [1.82, 2.24) is 4.90 Å². The largest absolute Gasteiger partial charge is 0.412 e. The lowest BCUT2D eigenvalue weighted by molar-refractivity contribution is 0.267. The Morgan fingerprint density at radius 1 is 0.455 bits per heavy atom. The van der Waals surface area contributed by atoms with Gasteiger partial charge in [0.15, 0.2) is 0 Å². The first-order valence-corrected chi connectivity index (χ1v) is 14.6. The molecule has 1 aromatic rings. The van der Waals surface area contributed by atoms with Gasteiger partial charge in [0.25, 0.3) is 0 Å². The number of aryl methyl sites for hydroxylation is 1. The van der Waals surface area contributed by atoms with Gasteiger partial charge in [0.05, 0.1) is 0 Å². The summed E-state index contributed by atoms with van der Waals surface area (Å²) in [6.07, 6.45) is 28.5. The van der Waals surface area contributed by atoms with Crippen molar-refractivity contribution in [2.45, 2.75) is 142 Å². The van der Waals surface area contributed by atoms with Gasteiger partial charge in [-0.3, -0.25) is 0 Å². The van der Waals surface area contributed by atoms with Crippen LogP contribution in [0.1, 0.15) is 141 Å². The summed E-state index contributed by atoms with van der Waals surface area (Å²) in [6, 6.07) is 11.0. The zero-order valence-electron chi connectivity index (χ0n) is 22.6. The highest BCUT2D eigenvalue weighted by atomic mass is 16.0. The van der Waals surface area contributed by atoms with Crippen LogP contribution in [0, 0.1) is 0 Å². The number of unbranched alkanes of at least 4 members (excludes halogenated alkanes) is 16. The van der Waals surface area contributed by atoms with E-state index >= 15 is 0 Å². The second-order valence-electron chi connectivity index (χ2n) is 10.1. The molecular weight excluding hydrogens is 402 g/mol. The van der Waals surface area contributed by atoms with Gasteiger partial charge in [-0.1, -0.05) is 140 Å². The molecule has 0 saturated carbocycles. The van der Waals surface area contributed by atoms with E-state index in [-0.39, 0.29) is 5.48 Å². The minimum Gasteiger partial charge on any atom is -0.412 e. The van der Waals surface area contributed by atoms with E-state index in [1.54, 1.807) is 0 Å². The molecule has 0 amide bonds. The van der Waals surface area contributed by atoms with Crippen LogP contribution in [0.15, 0.2) is 30.3 Å². The average molecular weight is 462 g/mol. The van der Waals surface area contributed by atoms with E-state index in [9.17, 15) is 0 Å². The molecule has 0 atom stereocenters. The summed E-state index contributed by atoms with van der Waals surface area (Å²) >= 11 is 0. The first-order valence-electron chi connectivity index (χ1n) is 14.6. The SMILES string of the molecule is CCCN(CCC)CCCCCCCCCCCCCCCCCCCc1ccccc1.O. The highest BCUT2D eigenvalue weighted by Crippen LogP contribution is 2.15. The van der Waals surface area contributed by atoms with Crippen molar-refractivity contribution in [3.05, 3.63) is 35.9 Å². The summed E-state index contributed by atoms with van der Waals surface area (Å²) in [5.41, 5.74) is 1.50. The molecule has 194 valence electrons. The Morgan fingerprint density at radius 3 is 1.21 bits per heavy atom. The minimum atomic E-state index is 0. The van der Waals surface area contributed by atoms with Crippen molar-refractivity contribution in [1.29, 1.82) is 0 Å². The van der Waals surface area contributed by atoms with Crippen molar-refractivity contribution in [2.75, 3.05) is 19.6 Å². The van der Waals surface area contributed by atoms with Crippen LogP contribution in [0.2, 0.25) is 0 Å². The van der Waals surface area contributed by atoms with Crippen molar-refractivity contribution in [2.24, 2.45) is 0 Å². The zero-order chi connectivity index (χ0) is 23.0. The maximum Gasteiger partial charge on any atom is -0.00187 e. The summed E-state index contributed by atoms with van der Waals surface area (Å²) in [5, 5.41) is 0. The van der Waals surface area contributed by atoms with Crippen LogP contribution < -0.4 is 0 Å². The molecule has 0 aliphatic rings. The molecule has 2 nitrogen and oxygen atoms in total. The maximum absolute atomic E-state index is 2.66. The highest BCUT2D eigenvalue weighted by Gasteiger charge is 2.01. The fraction of sp³-hybridized carbons (Fsp3) is 0.806. The van der Waals surface area contributed by atoms with Crippen molar-refractivity contribution < 1.29 is 5.48 Å². The third kappa shape index (κ3) is 21.4. The molecule has 1 rings (SSSR count). The second-order valence-corrected chi connectivity index (χ2v) is 10.1. The standard InChI is InChI=1S/C31H57N.H2O/c1-3-28-32(29-4-2)30-24-19-17-15-13-11-9-7-5-6-8-10-12-14-16-18-21-25-31-26-22-20-23-27-31;/h20,22-23,26-27H,3-19,21,24-25,28-30H2,1-2H3;1H2. The van der Waals surface area contributed by atoms with Crippen LogP contribution in [-0.4, -0.2) is 30.0 Å². The summed E-state index contributed by atoms with van der Waals surface area (Å²) in [4.78, 5) is 2.66. The smallest absolute Gasteiger partial charge is 0.00187 e. The van der Waals surface area contributed by atoms with Crippen molar-refractivity contribution in [3.8, 4) is 0 Å². The Kier molecular flexibility index (Phi) is 25.1. The predicted octanol–water partition coefficient (Wildman–Crippen LogP) is 9.16. The fourth-order valence-corrected chi connectivity index (χ4v) is 4.93. The van der Waals surface area contributed by atoms with E-state index in [1.165, 1.54) is 154 Å². The molecule has 33 heavy (non-hydrogen) atoms. The molecule has 0 aliphatic carbocycles. The van der Waals surface area contributed by atoms with Gasteiger partial charge in [-0.05, 0) is 57.3 Å². The molecule has 2 heteroatoms. The molecule has 1 aromatic carbocycles. The first kappa shape index (κ1) is 32.1. The van der Waals surface area contributed by atoms with Gasteiger partial charge >= 0.3 is 0 Å². The van der Waals surface area contributed by atoms with Gasteiger partial charge in [-0.25, -0.2) is 0 Å². The molecule has 0 fully saturated rings. The van der Waals surface area contributed by atoms with Gasteiger partial charge in [0.1, 0.15) is 0 Å². The lowest BCUT2D eigenvalue weighted by Crippen LogP contribution is -2.26. The van der Waals surface area contributed by atoms with Crippen molar-refractivity contribution >= 4 is 0 Å². The Morgan fingerprint density at radius 2 is 0.818 bits per heavy atom. The monoisotopic (exact) mass is 461 g/mol. The summed E-state index contributed by atoms with van der Waals surface area (Å²) in [5.74, 6) is 0. The molecule has 0 aromatic heterocycles. The van der Waals surface area contributed by atoms with Crippen LogP contribution in [-0.2, 0) is 6.42 Å². The number of nitrogens with zero attached hydrogens (tertiary/aromatic N) is 1. The quantitative estimate of drug-likeness (QED) is 0.141. The molecule has 0 spiro atoms. The average Bonchev–Trinajstić information content (AvgIpc) is 2.81. The summed E-state index contributed by atoms with van der Waals surface area (Å²) in [7, 11) is 0. The number of hydrogen-bond donors (Lipinski definition) is 0. The molecule has 0 aliphatic heterocycles. The van der Waals surface area contributed by atoms with Gasteiger partial charge in [-0.15, -0.1) is 0 Å². The molecule has 0 heterocycles. The minimum absolute atomic E-state index is 0. The van der Waals surface area contributed by atoms with E-state index < -0.39 is 0 Å². The second kappa shape index (κ2) is 25.8. The maximum atomic E-state index is 2.66. The summed E-state index contributed by atoms with van der Waals surface area (Å²) < 4.78 is 0. The van der Waals surface area contributed by atoms with Gasteiger partial charge in [0.2, 0.25) is 0 Å².